The third-order valence-corrected chi connectivity index (χ3v) is 3.48. The summed E-state index contributed by atoms with van der Waals surface area (Å²) in [5.74, 6) is 0.565. The van der Waals surface area contributed by atoms with Crippen LogP contribution in [-0.2, 0) is 0 Å². The zero-order valence-corrected chi connectivity index (χ0v) is 12.5. The molecule has 108 valence electrons. The summed E-state index contributed by atoms with van der Waals surface area (Å²) in [5, 5.41) is 11.2. The van der Waals surface area contributed by atoms with Gasteiger partial charge in [0.05, 0.1) is 0 Å². The number of aromatic nitrogens is 2. The van der Waals surface area contributed by atoms with Crippen molar-refractivity contribution in [2.45, 2.75) is 52.5 Å². The van der Waals surface area contributed by atoms with Crippen LogP contribution >= 0.6 is 0 Å². The van der Waals surface area contributed by atoms with Gasteiger partial charge >= 0.3 is 0 Å². The number of unbranched alkanes of at least 4 members (excludes halogenated alkanes) is 2. The fourth-order valence-electron chi connectivity index (χ4n) is 2.30. The molecule has 0 bridgehead atoms. The van der Waals surface area contributed by atoms with Gasteiger partial charge in [-0.3, -0.25) is 0 Å². The highest BCUT2D eigenvalue weighted by Gasteiger charge is 2.08. The molecule has 1 heterocycles. The molecule has 4 nitrogen and oxygen atoms in total. The van der Waals surface area contributed by atoms with E-state index in [1.165, 1.54) is 43.3 Å². The van der Waals surface area contributed by atoms with Crippen molar-refractivity contribution in [1.29, 1.82) is 0 Å². The van der Waals surface area contributed by atoms with Gasteiger partial charge < -0.3 is 9.73 Å². The second-order valence-corrected chi connectivity index (χ2v) is 5.31. The van der Waals surface area contributed by atoms with Gasteiger partial charge in [0, 0.05) is 17.3 Å². The molecule has 0 saturated carbocycles. The van der Waals surface area contributed by atoms with Gasteiger partial charge in [0.15, 0.2) is 0 Å². The van der Waals surface area contributed by atoms with Gasteiger partial charge in [0.2, 0.25) is 12.3 Å². The molecule has 4 heteroatoms. The van der Waals surface area contributed by atoms with Crippen LogP contribution in [0.5, 0.6) is 0 Å². The Bertz CT molecular complexity index is 523. The van der Waals surface area contributed by atoms with E-state index in [2.05, 4.69) is 48.4 Å². The van der Waals surface area contributed by atoms with Gasteiger partial charge in [-0.25, -0.2) is 0 Å². The van der Waals surface area contributed by atoms with Crippen LogP contribution in [0.3, 0.4) is 0 Å². The monoisotopic (exact) mass is 273 g/mol. The Balaban J connectivity index is 1.99. The Morgan fingerprint density at radius 1 is 1.30 bits per heavy atom. The van der Waals surface area contributed by atoms with E-state index in [-0.39, 0.29) is 0 Å². The number of aryl methyl sites for hydroxylation is 1. The number of benzene rings is 1. The molecule has 2 rings (SSSR count). The minimum absolute atomic E-state index is 0.495. The maximum atomic E-state index is 5.22. The van der Waals surface area contributed by atoms with E-state index in [1.807, 2.05) is 6.07 Å². The molecule has 0 spiro atoms. The van der Waals surface area contributed by atoms with E-state index in [9.17, 15) is 0 Å². The molecule has 1 N–H and O–H groups in total. The minimum Gasteiger partial charge on any atom is -0.423 e. The Morgan fingerprint density at radius 2 is 2.15 bits per heavy atom. The molecule has 1 aromatic heterocycles. The molecule has 2 aromatic rings. The van der Waals surface area contributed by atoms with Gasteiger partial charge in [0.25, 0.3) is 0 Å². The zero-order valence-electron chi connectivity index (χ0n) is 12.5. The van der Waals surface area contributed by atoms with E-state index >= 15 is 0 Å². The summed E-state index contributed by atoms with van der Waals surface area (Å²) in [5.41, 5.74) is 3.34. The van der Waals surface area contributed by atoms with E-state index in [0.29, 0.717) is 11.9 Å². The molecule has 0 aliphatic carbocycles. The van der Waals surface area contributed by atoms with Crippen LogP contribution in [0.1, 0.15) is 45.1 Å². The molecule has 1 unspecified atom stereocenters. The number of hydrogen-bond acceptors (Lipinski definition) is 4. The Hall–Kier alpha value is -1.84. The normalized spacial score (nSPS) is 12.3. The summed E-state index contributed by atoms with van der Waals surface area (Å²) in [6.45, 7) is 6.57. The highest BCUT2D eigenvalue weighted by atomic mass is 16.4. The van der Waals surface area contributed by atoms with E-state index in [4.69, 9.17) is 4.42 Å². The van der Waals surface area contributed by atoms with Crippen molar-refractivity contribution >= 4 is 5.69 Å². The highest BCUT2D eigenvalue weighted by Crippen LogP contribution is 2.24. The van der Waals surface area contributed by atoms with Gasteiger partial charge in [-0.2, -0.15) is 0 Å². The zero-order chi connectivity index (χ0) is 14.4. The Morgan fingerprint density at radius 3 is 2.80 bits per heavy atom. The number of anilines is 1. The summed E-state index contributed by atoms with van der Waals surface area (Å²) in [4.78, 5) is 0. The van der Waals surface area contributed by atoms with Crippen molar-refractivity contribution in [2.75, 3.05) is 5.32 Å². The lowest BCUT2D eigenvalue weighted by Crippen LogP contribution is -2.15. The summed E-state index contributed by atoms with van der Waals surface area (Å²) in [7, 11) is 0. The molecule has 0 amide bonds. The van der Waals surface area contributed by atoms with Gasteiger partial charge in [0.1, 0.15) is 0 Å². The first-order chi connectivity index (χ1) is 9.70. The topological polar surface area (TPSA) is 51.0 Å². The van der Waals surface area contributed by atoms with Crippen molar-refractivity contribution in [3.05, 3.63) is 30.2 Å². The lowest BCUT2D eigenvalue weighted by atomic mass is 10.1. The molecule has 0 radical (unpaired) electrons. The SMILES string of the molecule is CCCCCC(C)Nc1ccc(-c2nnco2)cc1C. The molecule has 0 fully saturated rings. The van der Waals surface area contributed by atoms with Crippen LogP contribution in [0.15, 0.2) is 29.0 Å². The van der Waals surface area contributed by atoms with Crippen LogP contribution < -0.4 is 5.32 Å². The number of rotatable bonds is 7. The van der Waals surface area contributed by atoms with Crippen LogP contribution in [0.4, 0.5) is 5.69 Å². The largest absolute Gasteiger partial charge is 0.423 e. The van der Waals surface area contributed by atoms with Crippen LogP contribution in [0.25, 0.3) is 11.5 Å². The molecule has 0 aliphatic heterocycles. The standard InChI is InChI=1S/C16H23N3O/c1-4-5-6-7-13(3)18-15-9-8-14(10-12(15)2)16-19-17-11-20-16/h8-11,13,18H,4-7H2,1-3H3. The van der Waals surface area contributed by atoms with Gasteiger partial charge in [-0.1, -0.05) is 26.2 Å². The maximum Gasteiger partial charge on any atom is 0.247 e. The highest BCUT2D eigenvalue weighted by molar-refractivity contribution is 5.62. The first kappa shape index (κ1) is 14.6. The smallest absolute Gasteiger partial charge is 0.247 e. The summed E-state index contributed by atoms with van der Waals surface area (Å²) in [6.07, 6.45) is 6.42. The maximum absolute atomic E-state index is 5.22. The van der Waals surface area contributed by atoms with Gasteiger partial charge in [-0.15, -0.1) is 10.2 Å². The number of nitrogens with one attached hydrogen (secondary N) is 1. The number of hydrogen-bond donors (Lipinski definition) is 1. The fraction of sp³-hybridized carbons (Fsp3) is 0.500. The average molecular weight is 273 g/mol. The van der Waals surface area contributed by atoms with E-state index < -0.39 is 0 Å². The first-order valence-corrected chi connectivity index (χ1v) is 7.34. The van der Waals surface area contributed by atoms with Crippen molar-refractivity contribution in [3.63, 3.8) is 0 Å². The van der Waals surface area contributed by atoms with Gasteiger partial charge in [-0.05, 0) is 44.0 Å². The first-order valence-electron chi connectivity index (χ1n) is 7.34. The third kappa shape index (κ3) is 3.83. The minimum atomic E-state index is 0.495. The molecular weight excluding hydrogens is 250 g/mol. The lowest BCUT2D eigenvalue weighted by Gasteiger charge is -2.17. The Labute approximate surface area is 120 Å². The van der Waals surface area contributed by atoms with E-state index in [1.54, 1.807) is 0 Å². The quantitative estimate of drug-likeness (QED) is 0.758. The van der Waals surface area contributed by atoms with Crippen LogP contribution in [0, 0.1) is 6.92 Å². The Kier molecular flexibility index (Phi) is 5.16. The summed E-state index contributed by atoms with van der Waals surface area (Å²) in [6, 6.07) is 6.68. The van der Waals surface area contributed by atoms with Crippen molar-refractivity contribution < 1.29 is 4.42 Å². The number of nitrogens with zero attached hydrogens (tertiary/aromatic N) is 2. The molecular formula is C16H23N3O. The predicted molar refractivity (Wildman–Crippen MR) is 81.7 cm³/mol. The molecule has 20 heavy (non-hydrogen) atoms. The fourth-order valence-corrected chi connectivity index (χ4v) is 2.30. The summed E-state index contributed by atoms with van der Waals surface area (Å²) < 4.78 is 5.22. The predicted octanol–water partition coefficient (Wildman–Crippen LogP) is 4.43. The molecule has 0 saturated heterocycles. The van der Waals surface area contributed by atoms with Crippen molar-refractivity contribution in [3.8, 4) is 11.5 Å². The lowest BCUT2D eigenvalue weighted by molar-refractivity contribution is 0.568. The second kappa shape index (κ2) is 7.08. The molecule has 1 atom stereocenters. The third-order valence-electron chi connectivity index (χ3n) is 3.48. The van der Waals surface area contributed by atoms with Crippen molar-refractivity contribution in [1.82, 2.24) is 10.2 Å². The van der Waals surface area contributed by atoms with Crippen molar-refractivity contribution in [2.24, 2.45) is 0 Å². The van der Waals surface area contributed by atoms with Crippen LogP contribution in [0.2, 0.25) is 0 Å². The average Bonchev–Trinajstić information content (AvgIpc) is 2.95. The molecule has 0 aliphatic rings. The van der Waals surface area contributed by atoms with E-state index in [0.717, 1.165) is 5.56 Å². The molecule has 1 aromatic carbocycles. The summed E-state index contributed by atoms with van der Waals surface area (Å²) >= 11 is 0. The van der Waals surface area contributed by atoms with Crippen LogP contribution in [-0.4, -0.2) is 16.2 Å². The second-order valence-electron chi connectivity index (χ2n) is 5.31.